The van der Waals surface area contributed by atoms with Crippen molar-refractivity contribution in [1.82, 2.24) is 40.3 Å². The monoisotopic (exact) mass is 607 g/mol. The Labute approximate surface area is 241 Å². The number of hydrogen-bond acceptors (Lipinski definition) is 8. The highest BCUT2D eigenvalue weighted by Crippen LogP contribution is 2.27. The van der Waals surface area contributed by atoms with E-state index >= 15 is 0 Å². The van der Waals surface area contributed by atoms with E-state index < -0.39 is 17.9 Å². The third kappa shape index (κ3) is 7.03. The first-order chi connectivity index (χ1) is 19.4. The average molecular weight is 608 g/mol. The second kappa shape index (κ2) is 12.3. The van der Waals surface area contributed by atoms with Crippen LogP contribution in [-0.2, 0) is 12.7 Å². The fourth-order valence-corrected chi connectivity index (χ4v) is 4.80. The minimum atomic E-state index is -4.77. The fourth-order valence-electron chi connectivity index (χ4n) is 4.02. The van der Waals surface area contributed by atoms with Crippen molar-refractivity contribution >= 4 is 40.9 Å². The number of nitrogens with one attached hydrogen (secondary N) is 2. The van der Waals surface area contributed by atoms with Crippen LogP contribution >= 0.6 is 23.4 Å². The van der Waals surface area contributed by atoms with Gasteiger partial charge in [0.2, 0.25) is 0 Å². The van der Waals surface area contributed by atoms with Crippen LogP contribution in [0, 0.1) is 13.8 Å². The summed E-state index contributed by atoms with van der Waals surface area (Å²) in [6.07, 6.45) is -1.39. The maximum absolute atomic E-state index is 13.7. The molecule has 3 heterocycles. The van der Waals surface area contributed by atoms with E-state index in [4.69, 9.17) is 11.6 Å². The van der Waals surface area contributed by atoms with Crippen LogP contribution in [0.2, 0.25) is 5.02 Å². The normalized spacial score (nSPS) is 12.3. The number of tetrazole rings is 1. The summed E-state index contributed by atoms with van der Waals surface area (Å²) in [4.78, 5) is 31.8. The lowest BCUT2D eigenvalue weighted by Gasteiger charge is -2.18. The molecular weight excluding hydrogens is 583 g/mol. The standard InChI is InChI=1S/C25H25ClF3N9O2S/c1-13-8-14(2)20(17(9-13)22(39)31-15(3)12-41-4)32-23(40)19-10-16(11-37-35-24(33-36-37)25(27,28)29)34-38(19)21-18(26)6-5-7-30-21/h5-10,15H,11-12H2,1-4H3,(H,31,39)(H,32,40)/t15-/m0/s1. The Morgan fingerprint density at radius 2 is 1.90 bits per heavy atom. The van der Waals surface area contributed by atoms with E-state index in [2.05, 4.69) is 36.1 Å². The molecule has 0 fully saturated rings. The Hall–Kier alpha value is -3.98. The lowest BCUT2D eigenvalue weighted by Crippen LogP contribution is -2.35. The van der Waals surface area contributed by atoms with Gasteiger partial charge in [-0.3, -0.25) is 9.59 Å². The van der Waals surface area contributed by atoms with E-state index in [1.54, 1.807) is 36.9 Å². The molecule has 11 nitrogen and oxygen atoms in total. The number of thioether (sulfide) groups is 1. The molecule has 0 aliphatic rings. The first-order valence-electron chi connectivity index (χ1n) is 12.1. The maximum atomic E-state index is 13.7. The molecule has 4 rings (SSSR count). The summed E-state index contributed by atoms with van der Waals surface area (Å²) < 4.78 is 40.0. The number of carbonyl (C=O) groups is 2. The zero-order valence-electron chi connectivity index (χ0n) is 22.3. The molecule has 1 aromatic carbocycles. The molecule has 3 aromatic heterocycles. The highest BCUT2D eigenvalue weighted by Gasteiger charge is 2.37. The summed E-state index contributed by atoms with van der Waals surface area (Å²) in [5.74, 6) is -1.61. The Balaban J connectivity index is 1.71. The fraction of sp³-hybridized carbons (Fsp3) is 0.320. The number of anilines is 1. The van der Waals surface area contributed by atoms with Gasteiger partial charge in [0.05, 0.1) is 22.0 Å². The number of nitrogens with zero attached hydrogens (tertiary/aromatic N) is 7. The molecule has 16 heteroatoms. The van der Waals surface area contributed by atoms with Crippen LogP contribution in [0.4, 0.5) is 18.9 Å². The van der Waals surface area contributed by atoms with E-state index in [9.17, 15) is 22.8 Å². The van der Waals surface area contributed by atoms with Gasteiger partial charge < -0.3 is 10.6 Å². The molecule has 0 aliphatic heterocycles. The number of aromatic nitrogens is 7. The number of hydrogen-bond donors (Lipinski definition) is 2. The van der Waals surface area contributed by atoms with E-state index in [0.717, 1.165) is 5.56 Å². The summed E-state index contributed by atoms with van der Waals surface area (Å²) in [5.41, 5.74) is 2.14. The summed E-state index contributed by atoms with van der Waals surface area (Å²) in [6.45, 7) is 5.16. The van der Waals surface area contributed by atoms with Gasteiger partial charge in [-0.2, -0.15) is 34.8 Å². The SMILES string of the molecule is CSC[C@H](C)NC(=O)c1cc(C)cc(C)c1NC(=O)c1cc(Cn2nnc(C(F)(F)F)n2)nn1-c1ncccc1Cl. The highest BCUT2D eigenvalue weighted by atomic mass is 35.5. The molecule has 0 unspecified atom stereocenters. The van der Waals surface area contributed by atoms with Gasteiger partial charge >= 0.3 is 6.18 Å². The lowest BCUT2D eigenvalue weighted by atomic mass is 10.0. The number of amides is 2. The molecule has 2 amide bonds. The zero-order chi connectivity index (χ0) is 29.9. The minimum Gasteiger partial charge on any atom is -0.349 e. The largest absolute Gasteiger partial charge is 0.455 e. The topological polar surface area (TPSA) is 133 Å². The number of carbonyl (C=O) groups excluding carboxylic acids is 2. The second-order valence-corrected chi connectivity index (χ2v) is 10.5. The van der Waals surface area contributed by atoms with Gasteiger partial charge in [0, 0.05) is 18.0 Å². The third-order valence-corrected chi connectivity index (χ3v) is 6.83. The Kier molecular flexibility index (Phi) is 8.97. The van der Waals surface area contributed by atoms with Crippen LogP contribution in [0.3, 0.4) is 0 Å². The lowest BCUT2D eigenvalue weighted by molar-refractivity contribution is -0.145. The summed E-state index contributed by atoms with van der Waals surface area (Å²) in [7, 11) is 0. The molecule has 0 saturated carbocycles. The predicted octanol–water partition coefficient (Wildman–Crippen LogP) is 4.32. The summed E-state index contributed by atoms with van der Waals surface area (Å²) in [5, 5.41) is 20.0. The first kappa shape index (κ1) is 30.0. The molecule has 0 bridgehead atoms. The molecule has 2 N–H and O–H groups in total. The van der Waals surface area contributed by atoms with Gasteiger partial charge in [0.15, 0.2) is 5.82 Å². The van der Waals surface area contributed by atoms with Gasteiger partial charge in [-0.05, 0) is 67.6 Å². The van der Waals surface area contributed by atoms with Gasteiger partial charge in [0.1, 0.15) is 12.2 Å². The minimum absolute atomic E-state index is 0.0427. The summed E-state index contributed by atoms with van der Waals surface area (Å²) in [6, 6.07) is 7.87. The van der Waals surface area contributed by atoms with Crippen LogP contribution in [0.5, 0.6) is 0 Å². The maximum Gasteiger partial charge on any atom is 0.455 e. The molecule has 216 valence electrons. The van der Waals surface area contributed by atoms with E-state index in [1.165, 1.54) is 16.9 Å². The number of halogens is 4. The first-order valence-corrected chi connectivity index (χ1v) is 13.9. The second-order valence-electron chi connectivity index (χ2n) is 9.17. The van der Waals surface area contributed by atoms with Gasteiger partial charge in [-0.1, -0.05) is 17.7 Å². The van der Waals surface area contributed by atoms with Crippen LogP contribution in [0.1, 0.15) is 50.4 Å². The van der Waals surface area contributed by atoms with Crippen molar-refractivity contribution in [3.05, 3.63) is 75.5 Å². The predicted molar refractivity (Wildman–Crippen MR) is 147 cm³/mol. The molecule has 0 radical (unpaired) electrons. The van der Waals surface area contributed by atoms with E-state index in [0.29, 0.717) is 21.8 Å². The smallest absolute Gasteiger partial charge is 0.349 e. The van der Waals surface area contributed by atoms with E-state index in [1.807, 2.05) is 26.2 Å². The van der Waals surface area contributed by atoms with Gasteiger partial charge in [-0.25, -0.2) is 9.67 Å². The molecular formula is C25H25ClF3N9O2S. The number of aryl methyl sites for hydroxylation is 2. The van der Waals surface area contributed by atoms with Crippen LogP contribution in [0.15, 0.2) is 36.5 Å². The van der Waals surface area contributed by atoms with Crippen molar-refractivity contribution in [3.8, 4) is 5.82 Å². The number of rotatable bonds is 9. The third-order valence-electron chi connectivity index (χ3n) is 5.70. The Bertz CT molecular complexity index is 1590. The molecule has 1 atom stereocenters. The van der Waals surface area contributed by atoms with E-state index in [-0.39, 0.29) is 46.3 Å². The van der Waals surface area contributed by atoms with Crippen molar-refractivity contribution < 1.29 is 22.8 Å². The van der Waals surface area contributed by atoms with Crippen molar-refractivity contribution in [2.24, 2.45) is 0 Å². The number of benzene rings is 1. The molecule has 0 saturated heterocycles. The van der Waals surface area contributed by atoms with Crippen molar-refractivity contribution in [2.75, 3.05) is 17.3 Å². The van der Waals surface area contributed by atoms with Gasteiger partial charge in [-0.15, -0.1) is 10.2 Å². The van der Waals surface area contributed by atoms with Gasteiger partial charge in [0.25, 0.3) is 17.6 Å². The molecule has 0 aliphatic carbocycles. The average Bonchev–Trinajstić information content (AvgIpc) is 3.53. The highest BCUT2D eigenvalue weighted by molar-refractivity contribution is 7.98. The van der Waals surface area contributed by atoms with Crippen molar-refractivity contribution in [2.45, 2.75) is 39.5 Å². The molecule has 41 heavy (non-hydrogen) atoms. The Morgan fingerprint density at radius 3 is 2.56 bits per heavy atom. The number of alkyl halides is 3. The van der Waals surface area contributed by atoms with Crippen LogP contribution in [0.25, 0.3) is 5.82 Å². The van der Waals surface area contributed by atoms with Crippen LogP contribution in [-0.4, -0.2) is 64.8 Å². The van der Waals surface area contributed by atoms with Crippen molar-refractivity contribution in [1.29, 1.82) is 0 Å². The molecule has 0 spiro atoms. The molecule has 4 aromatic rings. The van der Waals surface area contributed by atoms with Crippen LogP contribution < -0.4 is 10.6 Å². The summed E-state index contributed by atoms with van der Waals surface area (Å²) >= 11 is 7.92. The number of pyridine rings is 1. The Morgan fingerprint density at radius 1 is 1.15 bits per heavy atom. The zero-order valence-corrected chi connectivity index (χ0v) is 23.9. The quantitative estimate of drug-likeness (QED) is 0.287. The van der Waals surface area contributed by atoms with Crippen molar-refractivity contribution in [3.63, 3.8) is 0 Å².